The molecule has 6 heteroatoms. The quantitative estimate of drug-likeness (QED) is 0.689. The van der Waals surface area contributed by atoms with E-state index in [0.717, 1.165) is 6.92 Å². The first kappa shape index (κ1) is 11.2. The molecule has 0 aliphatic heterocycles. The van der Waals surface area contributed by atoms with E-state index in [9.17, 15) is 18.0 Å². The van der Waals surface area contributed by atoms with Crippen molar-refractivity contribution < 1.29 is 23.1 Å². The lowest BCUT2D eigenvalue weighted by Gasteiger charge is -2.17. The van der Waals surface area contributed by atoms with Gasteiger partial charge in [0.05, 0.1) is 0 Å². The minimum Gasteiger partial charge on any atom is -0.480 e. The fourth-order valence-electron chi connectivity index (χ4n) is 0.735. The molecule has 0 heterocycles. The number of carboxylic acids is 1. The first-order valence-electron chi connectivity index (χ1n) is 3.29. The minimum absolute atomic E-state index is 1.09. The molecule has 0 spiro atoms. The van der Waals surface area contributed by atoms with Crippen molar-refractivity contribution in [2.24, 2.45) is 11.7 Å². The number of halogens is 3. The number of hydrogen-bond acceptors (Lipinski definition) is 2. The zero-order valence-electron chi connectivity index (χ0n) is 6.43. The maximum absolute atomic E-state index is 11.7. The maximum atomic E-state index is 11.7. The topological polar surface area (TPSA) is 63.3 Å². The third-order valence-electron chi connectivity index (χ3n) is 1.45. The summed E-state index contributed by atoms with van der Waals surface area (Å²) in [5.74, 6) is -2.51. The molecule has 0 aliphatic carbocycles. The van der Waals surface area contributed by atoms with Crippen molar-refractivity contribution >= 4 is 5.97 Å². The fourth-order valence-corrected chi connectivity index (χ4v) is 0.735. The smallest absolute Gasteiger partial charge is 0.389 e. The molecule has 3 N–H and O–H groups in total. The highest BCUT2D eigenvalue weighted by Crippen LogP contribution is 2.25. The summed E-state index contributed by atoms with van der Waals surface area (Å²) in [5, 5.41) is 8.26. The number of alkyl halides is 3. The molecule has 0 amide bonds. The van der Waals surface area contributed by atoms with Crippen LogP contribution in [0.1, 0.15) is 13.3 Å². The van der Waals surface area contributed by atoms with E-state index in [1.807, 2.05) is 0 Å². The first-order chi connectivity index (χ1) is 5.24. The summed E-state index contributed by atoms with van der Waals surface area (Å²) in [4.78, 5) is 10.1. The molecular weight excluding hydrogens is 175 g/mol. The zero-order chi connectivity index (χ0) is 9.94. The minimum atomic E-state index is -4.35. The lowest BCUT2D eigenvalue weighted by atomic mass is 9.99. The summed E-state index contributed by atoms with van der Waals surface area (Å²) in [6, 6.07) is -1.45. The standard InChI is InChI=1S/C6H10F3NO2/c1-3(2-6(7,8)9)4(10)5(11)12/h3-4H,2,10H2,1H3,(H,11,12)/t3-,4-/m0/s1. The Kier molecular flexibility index (Phi) is 3.51. The Hall–Kier alpha value is -0.780. The van der Waals surface area contributed by atoms with Crippen LogP contribution in [0.5, 0.6) is 0 Å². The van der Waals surface area contributed by atoms with E-state index in [4.69, 9.17) is 10.8 Å². The summed E-state index contributed by atoms with van der Waals surface area (Å²) in [6.07, 6.45) is -5.52. The Morgan fingerprint density at radius 3 is 2.25 bits per heavy atom. The molecule has 0 fully saturated rings. The van der Waals surface area contributed by atoms with Gasteiger partial charge in [0.2, 0.25) is 0 Å². The number of hydrogen-bond donors (Lipinski definition) is 2. The van der Waals surface area contributed by atoms with Gasteiger partial charge < -0.3 is 10.8 Å². The average molecular weight is 185 g/mol. The normalized spacial score (nSPS) is 17.1. The van der Waals surface area contributed by atoms with Gasteiger partial charge in [0, 0.05) is 6.42 Å². The van der Waals surface area contributed by atoms with E-state index < -0.39 is 30.5 Å². The third-order valence-corrected chi connectivity index (χ3v) is 1.45. The molecule has 2 atom stereocenters. The number of carboxylic acid groups (broad SMARTS) is 1. The highest BCUT2D eigenvalue weighted by molar-refractivity contribution is 5.73. The van der Waals surface area contributed by atoms with Crippen LogP contribution in [0, 0.1) is 5.92 Å². The van der Waals surface area contributed by atoms with Crippen LogP contribution in [0.2, 0.25) is 0 Å². The molecule has 12 heavy (non-hydrogen) atoms. The highest BCUT2D eigenvalue weighted by Gasteiger charge is 2.34. The van der Waals surface area contributed by atoms with E-state index in [1.54, 1.807) is 0 Å². The van der Waals surface area contributed by atoms with Gasteiger partial charge in [-0.3, -0.25) is 4.79 Å². The van der Waals surface area contributed by atoms with Gasteiger partial charge in [-0.25, -0.2) is 0 Å². The molecule has 72 valence electrons. The van der Waals surface area contributed by atoms with Crippen molar-refractivity contribution in [2.45, 2.75) is 25.6 Å². The van der Waals surface area contributed by atoms with Crippen LogP contribution in [0.25, 0.3) is 0 Å². The van der Waals surface area contributed by atoms with E-state index in [2.05, 4.69) is 0 Å². The Morgan fingerprint density at radius 1 is 1.58 bits per heavy atom. The van der Waals surface area contributed by atoms with Gasteiger partial charge in [-0.1, -0.05) is 6.92 Å². The Bertz CT molecular complexity index is 169. The predicted octanol–water partition coefficient (Wildman–Crippen LogP) is 0.987. The molecule has 0 radical (unpaired) electrons. The monoisotopic (exact) mass is 185 g/mol. The molecule has 0 saturated heterocycles. The van der Waals surface area contributed by atoms with Crippen LogP contribution in [0.3, 0.4) is 0 Å². The first-order valence-corrected chi connectivity index (χ1v) is 3.29. The van der Waals surface area contributed by atoms with Crippen molar-refractivity contribution in [2.75, 3.05) is 0 Å². The van der Waals surface area contributed by atoms with Crippen molar-refractivity contribution in [1.82, 2.24) is 0 Å². The number of carbonyl (C=O) groups is 1. The summed E-state index contributed by atoms with van der Waals surface area (Å²) < 4.78 is 35.0. The van der Waals surface area contributed by atoms with Crippen molar-refractivity contribution in [3.63, 3.8) is 0 Å². The van der Waals surface area contributed by atoms with Crippen LogP contribution >= 0.6 is 0 Å². The molecule has 0 aromatic carbocycles. The summed E-state index contributed by atoms with van der Waals surface area (Å²) in [6.45, 7) is 1.16. The molecule has 3 nitrogen and oxygen atoms in total. The SMILES string of the molecule is C[C@@H](CC(F)(F)F)[C@H](N)C(=O)O. The van der Waals surface area contributed by atoms with E-state index >= 15 is 0 Å². The maximum Gasteiger partial charge on any atom is 0.389 e. The van der Waals surface area contributed by atoms with Crippen LogP contribution in [0.4, 0.5) is 13.2 Å². The van der Waals surface area contributed by atoms with Crippen LogP contribution in [-0.4, -0.2) is 23.3 Å². The zero-order valence-corrected chi connectivity index (χ0v) is 6.43. The van der Waals surface area contributed by atoms with Gasteiger partial charge in [0.25, 0.3) is 0 Å². The number of rotatable bonds is 3. The largest absolute Gasteiger partial charge is 0.480 e. The summed E-state index contributed by atoms with van der Waals surface area (Å²) >= 11 is 0. The molecule has 0 saturated carbocycles. The Balaban J connectivity index is 4.04. The summed E-state index contributed by atoms with van der Waals surface area (Å²) in [5.41, 5.74) is 4.97. The Morgan fingerprint density at radius 2 is 2.00 bits per heavy atom. The Labute approximate surface area is 67.4 Å². The van der Waals surface area contributed by atoms with E-state index in [1.165, 1.54) is 0 Å². The molecule has 0 unspecified atom stereocenters. The van der Waals surface area contributed by atoms with Crippen LogP contribution in [0.15, 0.2) is 0 Å². The average Bonchev–Trinajstić information content (AvgIpc) is 1.82. The van der Waals surface area contributed by atoms with Crippen molar-refractivity contribution in [3.8, 4) is 0 Å². The highest BCUT2D eigenvalue weighted by atomic mass is 19.4. The summed E-state index contributed by atoms with van der Waals surface area (Å²) in [7, 11) is 0. The second-order valence-electron chi connectivity index (χ2n) is 2.66. The van der Waals surface area contributed by atoms with Gasteiger partial charge in [0.15, 0.2) is 0 Å². The fraction of sp³-hybridized carbons (Fsp3) is 0.833. The predicted molar refractivity (Wildman–Crippen MR) is 35.4 cm³/mol. The van der Waals surface area contributed by atoms with Crippen molar-refractivity contribution in [3.05, 3.63) is 0 Å². The van der Waals surface area contributed by atoms with Crippen LogP contribution in [-0.2, 0) is 4.79 Å². The number of nitrogens with two attached hydrogens (primary N) is 1. The lowest BCUT2D eigenvalue weighted by molar-refractivity contribution is -0.151. The van der Waals surface area contributed by atoms with Gasteiger partial charge in [-0.05, 0) is 5.92 Å². The van der Waals surface area contributed by atoms with Gasteiger partial charge in [-0.15, -0.1) is 0 Å². The van der Waals surface area contributed by atoms with E-state index in [-0.39, 0.29) is 0 Å². The molecule has 0 bridgehead atoms. The van der Waals surface area contributed by atoms with Gasteiger partial charge >= 0.3 is 12.1 Å². The van der Waals surface area contributed by atoms with Gasteiger partial charge in [0.1, 0.15) is 6.04 Å². The molecular formula is C6H10F3NO2. The molecule has 0 aromatic rings. The second-order valence-corrected chi connectivity index (χ2v) is 2.66. The van der Waals surface area contributed by atoms with E-state index in [0.29, 0.717) is 0 Å². The van der Waals surface area contributed by atoms with Gasteiger partial charge in [-0.2, -0.15) is 13.2 Å². The number of aliphatic carboxylic acids is 1. The second kappa shape index (κ2) is 3.75. The lowest BCUT2D eigenvalue weighted by Crippen LogP contribution is -2.38. The molecule has 0 aliphatic rings. The molecule has 0 rings (SSSR count). The van der Waals surface area contributed by atoms with Crippen molar-refractivity contribution in [1.29, 1.82) is 0 Å². The molecule has 0 aromatic heterocycles. The van der Waals surface area contributed by atoms with Crippen LogP contribution < -0.4 is 5.73 Å². The third kappa shape index (κ3) is 4.17.